The topological polar surface area (TPSA) is 61.7 Å². The second kappa shape index (κ2) is 5.23. The minimum absolute atomic E-state index is 0.212. The fourth-order valence-corrected chi connectivity index (χ4v) is 2.34. The summed E-state index contributed by atoms with van der Waals surface area (Å²) in [7, 11) is 0. The molecule has 1 atom stereocenters. The van der Waals surface area contributed by atoms with Gasteiger partial charge in [-0.25, -0.2) is 4.79 Å². The number of carboxylic acids is 1. The van der Waals surface area contributed by atoms with Gasteiger partial charge in [0.1, 0.15) is 6.04 Å². The van der Waals surface area contributed by atoms with E-state index in [-0.39, 0.29) is 5.57 Å². The zero-order valence-corrected chi connectivity index (χ0v) is 11.9. The van der Waals surface area contributed by atoms with Crippen molar-refractivity contribution in [2.24, 2.45) is 4.99 Å². The molecule has 1 aliphatic rings. The number of rotatable bonds is 2. The van der Waals surface area contributed by atoms with E-state index in [1.54, 1.807) is 32.0 Å². The van der Waals surface area contributed by atoms with Gasteiger partial charge in [-0.05, 0) is 31.5 Å². The Bertz CT molecular complexity index is 609. The molecule has 0 aliphatic carbocycles. The van der Waals surface area contributed by atoms with Gasteiger partial charge in [-0.2, -0.15) is 0 Å². The zero-order chi connectivity index (χ0) is 14.2. The van der Waals surface area contributed by atoms with Gasteiger partial charge in [0.25, 0.3) is 0 Å². The molecule has 6 heteroatoms. The van der Waals surface area contributed by atoms with Crippen LogP contribution in [0.1, 0.15) is 25.5 Å². The molecular formula is C13H12Cl2N2O2. The van der Waals surface area contributed by atoms with E-state index in [4.69, 9.17) is 23.2 Å². The molecule has 4 nitrogen and oxygen atoms in total. The van der Waals surface area contributed by atoms with Gasteiger partial charge in [-0.3, -0.25) is 4.99 Å². The number of nitrogens with one attached hydrogen (secondary N) is 1. The standard InChI is InChI=1S/C13H12Cl2N2O2/c1-6-11(13(18)19)12(17-7(2)16-6)8-3-4-9(14)10(15)5-8/h3-5,12H,1-2H3,(H,16,17)(H,18,19). The Hall–Kier alpha value is -1.52. The van der Waals surface area contributed by atoms with Gasteiger partial charge in [0.15, 0.2) is 0 Å². The Morgan fingerprint density at radius 3 is 2.58 bits per heavy atom. The van der Waals surface area contributed by atoms with Crippen LogP contribution in [0.25, 0.3) is 0 Å². The minimum atomic E-state index is -1.00. The first kappa shape index (κ1) is 13.9. The van der Waals surface area contributed by atoms with Crippen LogP contribution in [-0.2, 0) is 4.79 Å². The number of aliphatic carboxylic acids is 1. The number of amidine groups is 1. The van der Waals surface area contributed by atoms with E-state index in [1.165, 1.54) is 0 Å². The van der Waals surface area contributed by atoms with Crippen molar-refractivity contribution in [2.45, 2.75) is 19.9 Å². The maximum atomic E-state index is 11.4. The third kappa shape index (κ3) is 2.74. The lowest BCUT2D eigenvalue weighted by Crippen LogP contribution is -2.29. The molecule has 0 saturated carbocycles. The summed E-state index contributed by atoms with van der Waals surface area (Å²) in [6.45, 7) is 3.50. The molecule has 19 heavy (non-hydrogen) atoms. The fourth-order valence-electron chi connectivity index (χ4n) is 2.04. The molecule has 100 valence electrons. The highest BCUT2D eigenvalue weighted by molar-refractivity contribution is 6.42. The fraction of sp³-hybridized carbons (Fsp3) is 0.231. The predicted octanol–water partition coefficient (Wildman–Crippen LogP) is 3.41. The third-order valence-electron chi connectivity index (χ3n) is 2.86. The molecular weight excluding hydrogens is 287 g/mol. The number of allylic oxidation sites excluding steroid dienone is 1. The predicted molar refractivity (Wildman–Crippen MR) is 75.8 cm³/mol. The van der Waals surface area contributed by atoms with E-state index in [9.17, 15) is 9.90 Å². The maximum Gasteiger partial charge on any atom is 0.335 e. The van der Waals surface area contributed by atoms with Crippen molar-refractivity contribution in [3.05, 3.63) is 45.1 Å². The van der Waals surface area contributed by atoms with Crippen LogP contribution in [0.4, 0.5) is 0 Å². The van der Waals surface area contributed by atoms with Gasteiger partial charge >= 0.3 is 5.97 Å². The average Bonchev–Trinajstić information content (AvgIpc) is 2.31. The number of benzene rings is 1. The van der Waals surface area contributed by atoms with Crippen molar-refractivity contribution >= 4 is 35.0 Å². The molecule has 0 radical (unpaired) electrons. The summed E-state index contributed by atoms with van der Waals surface area (Å²) >= 11 is 11.8. The Morgan fingerprint density at radius 2 is 2.00 bits per heavy atom. The van der Waals surface area contributed by atoms with Gasteiger partial charge in [-0.1, -0.05) is 29.3 Å². The number of hydrogen-bond donors (Lipinski definition) is 2. The van der Waals surface area contributed by atoms with Crippen LogP contribution in [0.5, 0.6) is 0 Å². The Balaban J connectivity index is 2.53. The molecule has 1 heterocycles. The highest BCUT2D eigenvalue weighted by Gasteiger charge is 2.28. The van der Waals surface area contributed by atoms with Crippen molar-refractivity contribution in [1.29, 1.82) is 0 Å². The lowest BCUT2D eigenvalue weighted by Gasteiger charge is -2.23. The highest BCUT2D eigenvalue weighted by Crippen LogP contribution is 2.33. The Morgan fingerprint density at radius 1 is 1.32 bits per heavy atom. The smallest absolute Gasteiger partial charge is 0.335 e. The molecule has 0 fully saturated rings. The van der Waals surface area contributed by atoms with E-state index in [0.29, 0.717) is 27.1 Å². The van der Waals surface area contributed by atoms with E-state index in [1.807, 2.05) is 0 Å². The molecule has 0 spiro atoms. The van der Waals surface area contributed by atoms with Crippen molar-refractivity contribution < 1.29 is 9.90 Å². The van der Waals surface area contributed by atoms with Crippen LogP contribution in [0.3, 0.4) is 0 Å². The van der Waals surface area contributed by atoms with Crippen LogP contribution in [0.2, 0.25) is 10.0 Å². The monoisotopic (exact) mass is 298 g/mol. The normalized spacial score (nSPS) is 18.9. The number of hydrogen-bond acceptors (Lipinski definition) is 3. The molecule has 2 rings (SSSR count). The number of carboxylic acid groups (broad SMARTS) is 1. The number of nitrogens with zero attached hydrogens (tertiary/aromatic N) is 1. The molecule has 0 bridgehead atoms. The second-order valence-electron chi connectivity index (χ2n) is 4.26. The quantitative estimate of drug-likeness (QED) is 0.879. The molecule has 1 unspecified atom stereocenters. The highest BCUT2D eigenvalue weighted by atomic mass is 35.5. The van der Waals surface area contributed by atoms with Crippen molar-refractivity contribution in [3.63, 3.8) is 0 Å². The van der Waals surface area contributed by atoms with E-state index in [0.717, 1.165) is 0 Å². The third-order valence-corrected chi connectivity index (χ3v) is 3.60. The van der Waals surface area contributed by atoms with Crippen LogP contribution in [0.15, 0.2) is 34.5 Å². The van der Waals surface area contributed by atoms with Gasteiger partial charge in [0, 0.05) is 5.70 Å². The lowest BCUT2D eigenvalue weighted by atomic mass is 9.96. The minimum Gasteiger partial charge on any atom is -0.478 e. The molecule has 0 amide bonds. The largest absolute Gasteiger partial charge is 0.478 e. The first-order chi connectivity index (χ1) is 8.90. The first-order valence-electron chi connectivity index (χ1n) is 5.60. The Labute approximate surface area is 120 Å². The molecule has 1 aliphatic heterocycles. The summed E-state index contributed by atoms with van der Waals surface area (Å²) in [5.41, 5.74) is 1.49. The summed E-state index contributed by atoms with van der Waals surface area (Å²) < 4.78 is 0. The summed E-state index contributed by atoms with van der Waals surface area (Å²) in [4.78, 5) is 15.7. The van der Waals surface area contributed by atoms with Gasteiger partial charge in [-0.15, -0.1) is 0 Å². The SMILES string of the molecule is CC1=NC(c2ccc(Cl)c(Cl)c2)C(C(=O)O)=C(C)N1. The van der Waals surface area contributed by atoms with Crippen molar-refractivity contribution in [3.8, 4) is 0 Å². The average molecular weight is 299 g/mol. The van der Waals surface area contributed by atoms with Crippen LogP contribution >= 0.6 is 23.2 Å². The summed E-state index contributed by atoms with van der Waals surface area (Å²) in [5.74, 6) is -0.337. The Kier molecular flexibility index (Phi) is 3.83. The van der Waals surface area contributed by atoms with Crippen LogP contribution in [0, 0.1) is 0 Å². The molecule has 1 aromatic carbocycles. The summed E-state index contributed by atoms with van der Waals surface area (Å²) in [6, 6.07) is 4.44. The van der Waals surface area contributed by atoms with Gasteiger partial charge < -0.3 is 10.4 Å². The molecule has 0 aromatic heterocycles. The van der Waals surface area contributed by atoms with Crippen molar-refractivity contribution in [1.82, 2.24) is 5.32 Å². The van der Waals surface area contributed by atoms with Gasteiger partial charge in [0.05, 0.1) is 21.5 Å². The number of carbonyl (C=O) groups is 1. The second-order valence-corrected chi connectivity index (χ2v) is 5.07. The van der Waals surface area contributed by atoms with Crippen LogP contribution in [-0.4, -0.2) is 16.9 Å². The molecule has 2 N–H and O–H groups in total. The lowest BCUT2D eigenvalue weighted by molar-refractivity contribution is -0.133. The van der Waals surface area contributed by atoms with E-state index in [2.05, 4.69) is 10.3 Å². The van der Waals surface area contributed by atoms with Crippen molar-refractivity contribution in [2.75, 3.05) is 0 Å². The molecule has 0 saturated heterocycles. The van der Waals surface area contributed by atoms with Gasteiger partial charge in [0.2, 0.25) is 0 Å². The zero-order valence-electron chi connectivity index (χ0n) is 10.4. The summed E-state index contributed by atoms with van der Waals surface area (Å²) in [5, 5.41) is 13.1. The van der Waals surface area contributed by atoms with E-state index < -0.39 is 12.0 Å². The van der Waals surface area contributed by atoms with Crippen LogP contribution < -0.4 is 5.32 Å². The number of aliphatic imine (C=N–C) groups is 1. The molecule has 1 aromatic rings. The summed E-state index contributed by atoms with van der Waals surface area (Å²) in [6.07, 6.45) is 0. The first-order valence-corrected chi connectivity index (χ1v) is 6.36. The maximum absolute atomic E-state index is 11.4. The number of halogens is 2. The van der Waals surface area contributed by atoms with E-state index >= 15 is 0 Å².